The summed E-state index contributed by atoms with van der Waals surface area (Å²) >= 11 is 0. The molecule has 3 aromatic rings. The first kappa shape index (κ1) is 19.7. The molecule has 0 radical (unpaired) electrons. The molecular formula is C23H29N5. The van der Waals surface area contributed by atoms with Crippen molar-refractivity contribution in [2.75, 3.05) is 13.1 Å². The molecule has 0 spiro atoms. The number of rotatable bonds is 9. The number of aromatic nitrogens is 2. The second-order valence-electron chi connectivity index (χ2n) is 6.97. The van der Waals surface area contributed by atoms with Crippen LogP contribution in [0.3, 0.4) is 0 Å². The minimum absolute atomic E-state index is 0.324. The number of guanidine groups is 1. The molecule has 0 saturated carbocycles. The molecule has 0 fully saturated rings. The fourth-order valence-corrected chi connectivity index (χ4v) is 3.41. The van der Waals surface area contributed by atoms with Crippen molar-refractivity contribution in [1.82, 2.24) is 20.6 Å². The lowest BCUT2D eigenvalue weighted by molar-refractivity contribution is 0.670. The predicted octanol–water partition coefficient (Wildman–Crippen LogP) is 3.99. The highest BCUT2D eigenvalue weighted by Crippen LogP contribution is 2.27. The van der Waals surface area contributed by atoms with Crippen molar-refractivity contribution < 1.29 is 0 Å². The summed E-state index contributed by atoms with van der Waals surface area (Å²) in [6.07, 6.45) is 4.54. The van der Waals surface area contributed by atoms with Crippen molar-refractivity contribution in [2.45, 2.75) is 32.1 Å². The van der Waals surface area contributed by atoms with Gasteiger partial charge in [-0.3, -0.25) is 5.41 Å². The van der Waals surface area contributed by atoms with E-state index >= 15 is 0 Å². The Kier molecular flexibility index (Phi) is 7.24. The van der Waals surface area contributed by atoms with Crippen LogP contribution in [0, 0.1) is 12.3 Å². The van der Waals surface area contributed by atoms with Gasteiger partial charge in [-0.1, -0.05) is 60.7 Å². The van der Waals surface area contributed by atoms with Gasteiger partial charge in [0.15, 0.2) is 5.96 Å². The molecule has 5 heteroatoms. The molecule has 0 bridgehead atoms. The molecule has 1 aromatic heterocycles. The van der Waals surface area contributed by atoms with E-state index in [9.17, 15) is 0 Å². The average molecular weight is 376 g/mol. The summed E-state index contributed by atoms with van der Waals surface area (Å²) in [5, 5.41) is 14.5. The minimum atomic E-state index is 0.324. The quantitative estimate of drug-likeness (QED) is 0.259. The molecule has 0 aliphatic heterocycles. The maximum atomic E-state index is 8.09. The van der Waals surface area contributed by atoms with Crippen molar-refractivity contribution in [1.29, 1.82) is 5.41 Å². The molecule has 2 aromatic carbocycles. The summed E-state index contributed by atoms with van der Waals surface area (Å²) in [6, 6.07) is 21.2. The Morgan fingerprint density at radius 2 is 1.57 bits per heavy atom. The van der Waals surface area contributed by atoms with E-state index in [1.165, 1.54) is 11.1 Å². The maximum Gasteiger partial charge on any atom is 0.188 e. The van der Waals surface area contributed by atoms with Gasteiger partial charge in [-0.05, 0) is 37.3 Å². The number of aromatic amines is 1. The molecule has 146 valence electrons. The van der Waals surface area contributed by atoms with Crippen LogP contribution >= 0.6 is 0 Å². The zero-order valence-corrected chi connectivity index (χ0v) is 16.4. The van der Waals surface area contributed by atoms with Gasteiger partial charge in [0.1, 0.15) is 0 Å². The van der Waals surface area contributed by atoms with Gasteiger partial charge < -0.3 is 15.6 Å². The summed E-state index contributed by atoms with van der Waals surface area (Å²) in [5.74, 6) is 0.712. The van der Waals surface area contributed by atoms with Gasteiger partial charge in [0.05, 0.1) is 12.0 Å². The Balaban J connectivity index is 1.43. The van der Waals surface area contributed by atoms with E-state index in [-0.39, 0.29) is 0 Å². The van der Waals surface area contributed by atoms with E-state index < -0.39 is 0 Å². The second kappa shape index (κ2) is 10.3. The Morgan fingerprint density at radius 3 is 2.14 bits per heavy atom. The molecule has 1 heterocycles. The average Bonchev–Trinajstić information content (AvgIpc) is 3.14. The van der Waals surface area contributed by atoms with Gasteiger partial charge in [-0.2, -0.15) is 0 Å². The lowest BCUT2D eigenvalue weighted by atomic mass is 9.88. The Labute approximate surface area is 167 Å². The number of nitrogens with zero attached hydrogens (tertiary/aromatic N) is 1. The minimum Gasteiger partial charge on any atom is -0.357 e. The number of aryl methyl sites for hydroxylation is 2. The number of hydrogen-bond acceptors (Lipinski definition) is 2. The molecule has 0 aliphatic rings. The number of H-pyrrole nitrogens is 1. The molecule has 5 nitrogen and oxygen atoms in total. The highest BCUT2D eigenvalue weighted by molar-refractivity contribution is 5.76. The molecule has 28 heavy (non-hydrogen) atoms. The number of nitrogens with one attached hydrogen (secondary N) is 4. The zero-order chi connectivity index (χ0) is 19.6. The lowest BCUT2D eigenvalue weighted by Gasteiger charge is -2.19. The van der Waals surface area contributed by atoms with Gasteiger partial charge in [-0.15, -0.1) is 0 Å². The van der Waals surface area contributed by atoms with Crippen molar-refractivity contribution in [3.05, 3.63) is 89.5 Å². The molecule has 0 unspecified atom stereocenters. The smallest absolute Gasteiger partial charge is 0.188 e. The Morgan fingerprint density at radius 1 is 0.964 bits per heavy atom. The van der Waals surface area contributed by atoms with Crippen molar-refractivity contribution in [2.24, 2.45) is 0 Å². The summed E-state index contributed by atoms with van der Waals surface area (Å²) in [7, 11) is 0. The van der Waals surface area contributed by atoms with Crippen LogP contribution in [0.5, 0.6) is 0 Å². The molecule has 0 amide bonds. The van der Waals surface area contributed by atoms with Gasteiger partial charge >= 0.3 is 0 Å². The number of imidazole rings is 1. The maximum absolute atomic E-state index is 8.09. The monoisotopic (exact) mass is 375 g/mol. The third kappa shape index (κ3) is 5.71. The number of hydrogen-bond donors (Lipinski definition) is 4. The Bertz CT molecular complexity index is 802. The summed E-state index contributed by atoms with van der Waals surface area (Å²) in [5.41, 5.74) is 4.85. The van der Waals surface area contributed by atoms with E-state index in [1.807, 2.05) is 19.1 Å². The summed E-state index contributed by atoms with van der Waals surface area (Å²) < 4.78 is 0. The molecule has 0 saturated heterocycles. The fourth-order valence-electron chi connectivity index (χ4n) is 3.41. The van der Waals surface area contributed by atoms with Crippen molar-refractivity contribution in [3.63, 3.8) is 0 Å². The van der Waals surface area contributed by atoms with Crippen LogP contribution < -0.4 is 10.6 Å². The van der Waals surface area contributed by atoms with Crippen LogP contribution in [0.25, 0.3) is 0 Å². The third-order valence-electron chi connectivity index (χ3n) is 4.97. The van der Waals surface area contributed by atoms with Crippen LogP contribution in [0.1, 0.15) is 41.3 Å². The van der Waals surface area contributed by atoms with Crippen LogP contribution in [-0.2, 0) is 6.42 Å². The highest BCUT2D eigenvalue weighted by atomic mass is 15.1. The van der Waals surface area contributed by atoms with Crippen molar-refractivity contribution >= 4 is 5.96 Å². The van der Waals surface area contributed by atoms with E-state index in [1.54, 1.807) is 6.33 Å². The standard InChI is InChI=1S/C23H29N5/c1-18-22(28-17-27-18)13-8-15-25-23(24)26-16-14-21(19-9-4-2-5-10-19)20-11-6-3-7-12-20/h2-7,9-12,17,21H,8,13-16H2,1H3,(H,27,28)(H3,24,25,26). The Hall–Kier alpha value is -3.08. The molecule has 0 aliphatic carbocycles. The number of benzene rings is 2. The van der Waals surface area contributed by atoms with Gasteiger partial charge in [0, 0.05) is 24.7 Å². The predicted molar refractivity (Wildman–Crippen MR) is 115 cm³/mol. The van der Waals surface area contributed by atoms with Gasteiger partial charge in [0.25, 0.3) is 0 Å². The first-order valence-corrected chi connectivity index (χ1v) is 9.89. The fraction of sp³-hybridized carbons (Fsp3) is 0.304. The van der Waals surface area contributed by atoms with Crippen LogP contribution in [0.15, 0.2) is 67.0 Å². The van der Waals surface area contributed by atoms with E-state index in [0.717, 1.165) is 43.7 Å². The molecule has 3 rings (SSSR count). The highest BCUT2D eigenvalue weighted by Gasteiger charge is 2.13. The largest absolute Gasteiger partial charge is 0.357 e. The summed E-state index contributed by atoms with van der Waals surface area (Å²) in [4.78, 5) is 7.40. The van der Waals surface area contributed by atoms with E-state index in [2.05, 4.69) is 69.1 Å². The lowest BCUT2D eigenvalue weighted by Crippen LogP contribution is -2.37. The first-order valence-electron chi connectivity index (χ1n) is 9.89. The third-order valence-corrected chi connectivity index (χ3v) is 4.97. The van der Waals surface area contributed by atoms with Crippen LogP contribution in [0.2, 0.25) is 0 Å². The topological polar surface area (TPSA) is 76.6 Å². The zero-order valence-electron chi connectivity index (χ0n) is 16.4. The molecule has 0 atom stereocenters. The van der Waals surface area contributed by atoms with E-state index in [4.69, 9.17) is 5.41 Å². The first-order chi connectivity index (χ1) is 13.7. The normalized spacial score (nSPS) is 10.8. The summed E-state index contributed by atoms with van der Waals surface area (Å²) in [6.45, 7) is 3.55. The van der Waals surface area contributed by atoms with E-state index in [0.29, 0.717) is 11.9 Å². The van der Waals surface area contributed by atoms with Crippen LogP contribution in [-0.4, -0.2) is 29.0 Å². The van der Waals surface area contributed by atoms with Gasteiger partial charge in [0.2, 0.25) is 0 Å². The molecular weight excluding hydrogens is 346 g/mol. The molecule has 4 N–H and O–H groups in total. The second-order valence-corrected chi connectivity index (χ2v) is 6.97. The van der Waals surface area contributed by atoms with Crippen molar-refractivity contribution in [3.8, 4) is 0 Å². The van der Waals surface area contributed by atoms with Gasteiger partial charge in [-0.25, -0.2) is 4.98 Å². The van der Waals surface area contributed by atoms with Crippen LogP contribution in [0.4, 0.5) is 0 Å². The SMILES string of the molecule is Cc1[nH]cnc1CCCNC(=N)NCCC(c1ccccc1)c1ccccc1.